The molecule has 0 aliphatic carbocycles. The van der Waals surface area contributed by atoms with Crippen molar-refractivity contribution in [1.29, 1.82) is 0 Å². The third-order valence-electron chi connectivity index (χ3n) is 4.44. The number of nitrogens with one attached hydrogen (secondary N) is 2. The maximum atomic E-state index is 11.6. The Bertz CT molecular complexity index is 976. The zero-order valence-corrected chi connectivity index (χ0v) is 16.6. The second-order valence-electron chi connectivity index (χ2n) is 6.60. The highest BCUT2D eigenvalue weighted by Crippen LogP contribution is 2.16. The van der Waals surface area contributed by atoms with Crippen LogP contribution >= 0.6 is 12.2 Å². The highest BCUT2D eigenvalue weighted by molar-refractivity contribution is 7.71. The molecule has 27 heavy (non-hydrogen) atoms. The van der Waals surface area contributed by atoms with Crippen molar-refractivity contribution < 1.29 is 9.69 Å². The molecule has 0 radical (unpaired) electrons. The lowest BCUT2D eigenvalue weighted by molar-refractivity contribution is -0.917. The first-order valence-electron chi connectivity index (χ1n) is 8.81. The number of hydrogen-bond acceptors (Lipinski definition) is 3. The summed E-state index contributed by atoms with van der Waals surface area (Å²) in [4.78, 5) is 12.9. The van der Waals surface area contributed by atoms with Gasteiger partial charge < -0.3 is 14.8 Å². The molecule has 0 spiro atoms. The fourth-order valence-corrected chi connectivity index (χ4v) is 3.20. The number of quaternary nitrogens is 1. The molecule has 3 aromatic rings. The zero-order valence-electron chi connectivity index (χ0n) is 15.8. The van der Waals surface area contributed by atoms with Gasteiger partial charge in [-0.3, -0.25) is 4.79 Å². The van der Waals surface area contributed by atoms with E-state index in [9.17, 15) is 4.79 Å². The van der Waals surface area contributed by atoms with Crippen LogP contribution in [-0.2, 0) is 20.3 Å². The Morgan fingerprint density at radius 2 is 1.81 bits per heavy atom. The minimum atomic E-state index is -0.0736. The summed E-state index contributed by atoms with van der Waals surface area (Å²) in [6.45, 7) is 1.48. The van der Waals surface area contributed by atoms with Crippen LogP contribution in [0.1, 0.15) is 15.9 Å². The topological polar surface area (TPSA) is 56.3 Å². The zero-order chi connectivity index (χ0) is 19.4. The van der Waals surface area contributed by atoms with Gasteiger partial charge in [0.25, 0.3) is 5.91 Å². The van der Waals surface area contributed by atoms with E-state index in [1.807, 2.05) is 70.9 Å². The number of aromatic nitrogens is 3. The number of amides is 1. The predicted octanol–water partition coefficient (Wildman–Crippen LogP) is 1.65. The van der Waals surface area contributed by atoms with E-state index in [1.54, 1.807) is 7.05 Å². The summed E-state index contributed by atoms with van der Waals surface area (Å²) < 4.78 is 4.50. The molecule has 0 saturated carbocycles. The van der Waals surface area contributed by atoms with Crippen molar-refractivity contribution in [2.24, 2.45) is 7.05 Å². The molecule has 0 aliphatic heterocycles. The van der Waals surface area contributed by atoms with Gasteiger partial charge in [0.2, 0.25) is 4.77 Å². The summed E-state index contributed by atoms with van der Waals surface area (Å²) in [6.07, 6.45) is 0. The number of carbonyl (C=O) groups excluding carboxylic acids is 1. The van der Waals surface area contributed by atoms with Crippen LogP contribution in [0.3, 0.4) is 0 Å². The highest BCUT2D eigenvalue weighted by Gasteiger charge is 2.13. The Hall–Kier alpha value is -2.77. The van der Waals surface area contributed by atoms with Gasteiger partial charge in [0.05, 0.1) is 7.05 Å². The Morgan fingerprint density at radius 1 is 1.15 bits per heavy atom. The van der Waals surface area contributed by atoms with Gasteiger partial charge in [0.1, 0.15) is 6.54 Å². The summed E-state index contributed by atoms with van der Waals surface area (Å²) in [5.41, 5.74) is 2.87. The van der Waals surface area contributed by atoms with Gasteiger partial charge in [-0.1, -0.05) is 42.5 Å². The third-order valence-corrected chi connectivity index (χ3v) is 4.93. The van der Waals surface area contributed by atoms with E-state index < -0.39 is 0 Å². The summed E-state index contributed by atoms with van der Waals surface area (Å²) in [7, 11) is 5.68. The molecule has 0 bridgehead atoms. The molecule has 1 amide bonds. The second-order valence-corrected chi connectivity index (χ2v) is 6.96. The van der Waals surface area contributed by atoms with E-state index in [1.165, 1.54) is 4.90 Å². The van der Waals surface area contributed by atoms with E-state index in [4.69, 9.17) is 17.3 Å². The number of carbonyl (C=O) groups is 1. The quantitative estimate of drug-likeness (QED) is 0.638. The largest absolute Gasteiger partial charge is 0.355 e. The average molecular weight is 383 g/mol. The van der Waals surface area contributed by atoms with Crippen molar-refractivity contribution in [1.82, 2.24) is 19.7 Å². The molecule has 1 unspecified atom stereocenters. The van der Waals surface area contributed by atoms with E-state index >= 15 is 0 Å². The first-order valence-corrected chi connectivity index (χ1v) is 9.22. The second kappa shape index (κ2) is 8.28. The maximum Gasteiger partial charge on any atom is 0.251 e. The summed E-state index contributed by atoms with van der Waals surface area (Å²) in [6, 6.07) is 17.7. The molecule has 1 atom stereocenters. The standard InChI is InChI=1S/C20H23N5OS/c1-21-19(26)17-11-9-15(10-12-17)13-23(2)14-25-20(27)24(3)18(22-25)16-7-5-4-6-8-16/h4-12H,13-14H2,1-3H3,(H,21,26)/p+1. The fraction of sp³-hybridized carbons (Fsp3) is 0.250. The summed E-state index contributed by atoms with van der Waals surface area (Å²) in [5, 5.41) is 7.34. The minimum Gasteiger partial charge on any atom is -0.355 e. The minimum absolute atomic E-state index is 0.0736. The molecule has 1 aromatic heterocycles. The molecule has 2 N–H and O–H groups in total. The summed E-state index contributed by atoms with van der Waals surface area (Å²) in [5.74, 6) is 0.791. The van der Waals surface area contributed by atoms with Crippen LogP contribution in [0.2, 0.25) is 0 Å². The predicted molar refractivity (Wildman–Crippen MR) is 108 cm³/mol. The molecule has 0 aliphatic rings. The number of hydrogen-bond donors (Lipinski definition) is 2. The highest BCUT2D eigenvalue weighted by atomic mass is 32.1. The van der Waals surface area contributed by atoms with E-state index in [-0.39, 0.29) is 5.91 Å². The van der Waals surface area contributed by atoms with Crippen LogP contribution in [0, 0.1) is 4.77 Å². The van der Waals surface area contributed by atoms with Gasteiger partial charge in [-0.2, -0.15) is 4.68 Å². The molecule has 0 fully saturated rings. The maximum absolute atomic E-state index is 11.6. The third kappa shape index (κ3) is 4.32. The van der Waals surface area contributed by atoms with Crippen LogP contribution in [0.25, 0.3) is 11.4 Å². The van der Waals surface area contributed by atoms with Crippen LogP contribution in [0.4, 0.5) is 0 Å². The molecule has 7 heteroatoms. The molecular formula is C20H24N5OS+. The molecule has 140 valence electrons. The van der Waals surface area contributed by atoms with Crippen LogP contribution in [0.15, 0.2) is 54.6 Å². The van der Waals surface area contributed by atoms with Crippen molar-refractivity contribution in [2.45, 2.75) is 13.2 Å². The van der Waals surface area contributed by atoms with Crippen LogP contribution in [-0.4, -0.2) is 34.4 Å². The van der Waals surface area contributed by atoms with Gasteiger partial charge in [-0.05, 0) is 24.4 Å². The lowest BCUT2D eigenvalue weighted by Gasteiger charge is -2.14. The van der Waals surface area contributed by atoms with Gasteiger partial charge in [0, 0.05) is 30.8 Å². The Morgan fingerprint density at radius 3 is 2.44 bits per heavy atom. The fourth-order valence-electron chi connectivity index (χ4n) is 3.01. The first-order chi connectivity index (χ1) is 13.0. The molecule has 6 nitrogen and oxygen atoms in total. The SMILES string of the molecule is CNC(=O)c1ccc(C[NH+](C)Cn2nc(-c3ccccc3)n(C)c2=S)cc1. The van der Waals surface area contributed by atoms with Gasteiger partial charge in [0.15, 0.2) is 12.5 Å². The van der Waals surface area contributed by atoms with Crippen molar-refractivity contribution in [3.05, 3.63) is 70.5 Å². The molecule has 0 saturated heterocycles. The smallest absolute Gasteiger partial charge is 0.251 e. The van der Waals surface area contributed by atoms with E-state index in [0.717, 1.165) is 23.5 Å². The van der Waals surface area contributed by atoms with Crippen LogP contribution in [0.5, 0.6) is 0 Å². The molecule has 3 rings (SSSR count). The molecule has 2 aromatic carbocycles. The van der Waals surface area contributed by atoms with Crippen molar-refractivity contribution in [3.63, 3.8) is 0 Å². The monoisotopic (exact) mass is 382 g/mol. The molecular weight excluding hydrogens is 358 g/mol. The van der Waals surface area contributed by atoms with Crippen LogP contribution < -0.4 is 10.2 Å². The Kier molecular flexibility index (Phi) is 5.83. The lowest BCUT2D eigenvalue weighted by atomic mass is 10.1. The summed E-state index contributed by atoms with van der Waals surface area (Å²) >= 11 is 5.56. The van der Waals surface area contributed by atoms with Crippen molar-refractivity contribution in [2.75, 3.05) is 14.1 Å². The number of rotatable bonds is 6. The first kappa shape index (κ1) is 19.0. The lowest BCUT2D eigenvalue weighted by Crippen LogP contribution is -3.07. The molecule has 1 heterocycles. The van der Waals surface area contributed by atoms with Crippen molar-refractivity contribution in [3.8, 4) is 11.4 Å². The van der Waals surface area contributed by atoms with E-state index in [0.29, 0.717) is 17.0 Å². The average Bonchev–Trinajstić information content (AvgIpc) is 2.97. The van der Waals surface area contributed by atoms with Gasteiger partial charge in [-0.15, -0.1) is 5.10 Å². The Balaban J connectivity index is 1.72. The van der Waals surface area contributed by atoms with Crippen molar-refractivity contribution >= 4 is 18.1 Å². The number of benzene rings is 2. The number of nitrogens with zero attached hydrogens (tertiary/aromatic N) is 3. The van der Waals surface area contributed by atoms with Gasteiger partial charge in [-0.25, -0.2) is 0 Å². The van der Waals surface area contributed by atoms with E-state index in [2.05, 4.69) is 12.4 Å². The van der Waals surface area contributed by atoms with Gasteiger partial charge >= 0.3 is 0 Å². The Labute approximate surface area is 164 Å². The normalized spacial score (nSPS) is 12.0.